The highest BCUT2D eigenvalue weighted by atomic mass is 16.3. The molecule has 0 amide bonds. The van der Waals surface area contributed by atoms with Crippen molar-refractivity contribution in [1.82, 2.24) is 0 Å². The highest BCUT2D eigenvalue weighted by Gasteiger charge is 2.47. The lowest BCUT2D eigenvalue weighted by Crippen LogP contribution is -2.24. The molecule has 3 rings (SSSR count). The predicted octanol–water partition coefficient (Wildman–Crippen LogP) is 4.81. The topological polar surface area (TPSA) is 40.5 Å². The first-order chi connectivity index (χ1) is 10.8. The second kappa shape index (κ2) is 5.16. The Balaban J connectivity index is 2.30. The lowest BCUT2D eigenvalue weighted by atomic mass is 9.73. The molecule has 2 N–H and O–H groups in total. The fourth-order valence-electron chi connectivity index (χ4n) is 4.33. The third-order valence-corrected chi connectivity index (χ3v) is 5.22. The molecule has 1 unspecified atom stereocenters. The molecule has 0 aliphatic heterocycles. The summed E-state index contributed by atoms with van der Waals surface area (Å²) in [5, 5.41) is 20.0. The highest BCUT2D eigenvalue weighted by molar-refractivity contribution is 5.59. The molecule has 0 bridgehead atoms. The molecule has 2 aromatic rings. The van der Waals surface area contributed by atoms with Crippen LogP contribution in [0.25, 0.3) is 0 Å². The summed E-state index contributed by atoms with van der Waals surface area (Å²) in [5.74, 6) is 0.614. The first kappa shape index (κ1) is 15.7. The van der Waals surface area contributed by atoms with Gasteiger partial charge in [-0.05, 0) is 53.1 Å². The van der Waals surface area contributed by atoms with Gasteiger partial charge in [0.2, 0.25) is 0 Å². The van der Waals surface area contributed by atoms with E-state index in [2.05, 4.69) is 33.4 Å². The van der Waals surface area contributed by atoms with Crippen LogP contribution in [0.1, 0.15) is 49.4 Å². The van der Waals surface area contributed by atoms with Gasteiger partial charge in [-0.25, -0.2) is 0 Å². The quantitative estimate of drug-likeness (QED) is 0.799. The number of phenolic OH excluding ortho intramolecular Hbond substituents is 2. The maximum absolute atomic E-state index is 10.4. The Labute approximate surface area is 138 Å². The number of allylic oxidation sites excluding steroid dienone is 1. The number of hydrogen-bond donors (Lipinski definition) is 2. The van der Waals surface area contributed by atoms with Crippen molar-refractivity contribution in [3.05, 3.63) is 71.3 Å². The molecule has 1 atom stereocenters. The van der Waals surface area contributed by atoms with Crippen LogP contribution in [0.3, 0.4) is 0 Å². The van der Waals surface area contributed by atoms with Crippen LogP contribution in [0.5, 0.6) is 11.5 Å². The van der Waals surface area contributed by atoms with Gasteiger partial charge in [-0.3, -0.25) is 0 Å². The van der Waals surface area contributed by atoms with E-state index in [0.29, 0.717) is 12.2 Å². The van der Waals surface area contributed by atoms with Crippen LogP contribution in [0.4, 0.5) is 0 Å². The Bertz CT molecular complexity index is 756. The third-order valence-electron chi connectivity index (χ3n) is 5.22. The molecule has 2 aromatic carbocycles. The fourth-order valence-corrected chi connectivity index (χ4v) is 4.33. The SMILES string of the molecule is C=CCc1c(O)ccc2c1C(C)(c1ccc(O)cc1)CC2(C)C. The van der Waals surface area contributed by atoms with Gasteiger partial charge in [0.25, 0.3) is 0 Å². The Morgan fingerprint density at radius 3 is 2.30 bits per heavy atom. The summed E-state index contributed by atoms with van der Waals surface area (Å²) in [4.78, 5) is 0. The van der Waals surface area contributed by atoms with Crippen molar-refractivity contribution in [2.75, 3.05) is 0 Å². The Morgan fingerprint density at radius 2 is 1.70 bits per heavy atom. The average molecular weight is 308 g/mol. The summed E-state index contributed by atoms with van der Waals surface area (Å²) in [6.45, 7) is 10.6. The smallest absolute Gasteiger partial charge is 0.119 e. The van der Waals surface area contributed by atoms with Crippen molar-refractivity contribution in [2.45, 2.75) is 44.4 Å². The highest BCUT2D eigenvalue weighted by Crippen LogP contribution is 2.55. The zero-order valence-electron chi connectivity index (χ0n) is 14.1. The zero-order valence-corrected chi connectivity index (χ0v) is 14.1. The first-order valence-corrected chi connectivity index (χ1v) is 8.06. The monoisotopic (exact) mass is 308 g/mol. The molecule has 0 radical (unpaired) electrons. The summed E-state index contributed by atoms with van der Waals surface area (Å²) >= 11 is 0. The van der Waals surface area contributed by atoms with Gasteiger partial charge >= 0.3 is 0 Å². The van der Waals surface area contributed by atoms with E-state index >= 15 is 0 Å². The lowest BCUT2D eigenvalue weighted by Gasteiger charge is -2.30. The molecule has 0 fully saturated rings. The maximum Gasteiger partial charge on any atom is 0.119 e. The van der Waals surface area contributed by atoms with Crippen molar-refractivity contribution >= 4 is 0 Å². The largest absolute Gasteiger partial charge is 0.508 e. The van der Waals surface area contributed by atoms with E-state index in [1.165, 1.54) is 11.1 Å². The van der Waals surface area contributed by atoms with Crippen molar-refractivity contribution in [1.29, 1.82) is 0 Å². The molecule has 2 nitrogen and oxygen atoms in total. The molecule has 0 saturated heterocycles. The van der Waals surface area contributed by atoms with E-state index in [4.69, 9.17) is 0 Å². The van der Waals surface area contributed by atoms with Crippen molar-refractivity contribution < 1.29 is 10.2 Å². The molecule has 0 saturated carbocycles. The summed E-state index contributed by atoms with van der Waals surface area (Å²) in [5.41, 5.74) is 4.49. The van der Waals surface area contributed by atoms with Gasteiger partial charge in [-0.2, -0.15) is 0 Å². The minimum absolute atomic E-state index is 0.0333. The van der Waals surface area contributed by atoms with Crippen LogP contribution >= 0.6 is 0 Å². The Kier molecular flexibility index (Phi) is 3.51. The second-order valence-electron chi connectivity index (χ2n) is 7.42. The summed E-state index contributed by atoms with van der Waals surface area (Å²) in [7, 11) is 0. The molecule has 23 heavy (non-hydrogen) atoms. The normalized spacial score (nSPS) is 21.9. The molecule has 2 heteroatoms. The van der Waals surface area contributed by atoms with Crippen molar-refractivity contribution in [2.24, 2.45) is 0 Å². The van der Waals surface area contributed by atoms with E-state index in [1.54, 1.807) is 12.1 Å². The number of phenols is 2. The number of aromatic hydroxyl groups is 2. The van der Waals surface area contributed by atoms with Crippen molar-refractivity contribution in [3.63, 3.8) is 0 Å². The Morgan fingerprint density at radius 1 is 1.04 bits per heavy atom. The van der Waals surface area contributed by atoms with Gasteiger partial charge in [0.05, 0.1) is 0 Å². The number of rotatable bonds is 3. The number of hydrogen-bond acceptors (Lipinski definition) is 2. The van der Waals surface area contributed by atoms with E-state index in [-0.39, 0.29) is 16.6 Å². The minimum atomic E-state index is -0.191. The zero-order chi connectivity index (χ0) is 16.8. The molecular weight excluding hydrogens is 284 g/mol. The summed E-state index contributed by atoms with van der Waals surface area (Å²) in [6.07, 6.45) is 3.46. The standard InChI is InChI=1S/C21H24O2/c1-5-6-16-18(23)12-11-17-19(16)21(4,13-20(17,2)3)14-7-9-15(22)10-8-14/h5,7-12,22-23H,1,6,13H2,2-4H3. The average Bonchev–Trinajstić information content (AvgIpc) is 2.70. The van der Waals surface area contributed by atoms with Gasteiger partial charge in [-0.15, -0.1) is 6.58 Å². The lowest BCUT2D eigenvalue weighted by molar-refractivity contribution is 0.422. The van der Waals surface area contributed by atoms with E-state index in [9.17, 15) is 10.2 Å². The molecule has 0 heterocycles. The van der Waals surface area contributed by atoms with Crippen LogP contribution < -0.4 is 0 Å². The number of benzene rings is 2. The van der Waals surface area contributed by atoms with Gasteiger partial charge < -0.3 is 10.2 Å². The van der Waals surface area contributed by atoms with Gasteiger partial charge in [0.1, 0.15) is 11.5 Å². The number of fused-ring (bicyclic) bond motifs is 1. The summed E-state index contributed by atoms with van der Waals surface area (Å²) in [6, 6.07) is 11.3. The molecule has 1 aliphatic rings. The molecule has 0 spiro atoms. The van der Waals surface area contributed by atoms with Crippen LogP contribution in [-0.2, 0) is 17.3 Å². The second-order valence-corrected chi connectivity index (χ2v) is 7.42. The van der Waals surface area contributed by atoms with E-state index < -0.39 is 0 Å². The van der Waals surface area contributed by atoms with E-state index in [0.717, 1.165) is 17.5 Å². The molecule has 0 aromatic heterocycles. The third kappa shape index (κ3) is 2.33. The van der Waals surface area contributed by atoms with E-state index in [1.807, 2.05) is 24.3 Å². The van der Waals surface area contributed by atoms with Gasteiger partial charge in [0.15, 0.2) is 0 Å². The van der Waals surface area contributed by atoms with Crippen LogP contribution in [0.15, 0.2) is 49.1 Å². The van der Waals surface area contributed by atoms with Gasteiger partial charge in [-0.1, -0.05) is 45.0 Å². The van der Waals surface area contributed by atoms with Gasteiger partial charge in [0, 0.05) is 11.0 Å². The fraction of sp³-hybridized carbons (Fsp3) is 0.333. The predicted molar refractivity (Wildman–Crippen MR) is 94.2 cm³/mol. The van der Waals surface area contributed by atoms with Crippen LogP contribution in [0.2, 0.25) is 0 Å². The van der Waals surface area contributed by atoms with Crippen LogP contribution in [0, 0.1) is 0 Å². The molecule has 120 valence electrons. The maximum atomic E-state index is 10.4. The van der Waals surface area contributed by atoms with Crippen molar-refractivity contribution in [3.8, 4) is 11.5 Å². The Hall–Kier alpha value is -2.22. The molecule has 1 aliphatic carbocycles. The van der Waals surface area contributed by atoms with Crippen LogP contribution in [-0.4, -0.2) is 10.2 Å². The molecular formula is C21H24O2. The first-order valence-electron chi connectivity index (χ1n) is 8.06. The minimum Gasteiger partial charge on any atom is -0.508 e. The summed E-state index contributed by atoms with van der Waals surface area (Å²) < 4.78 is 0.